The molecule has 3 aromatic heterocycles. The van der Waals surface area contributed by atoms with E-state index in [0.29, 0.717) is 17.5 Å². The van der Waals surface area contributed by atoms with Crippen molar-refractivity contribution in [1.82, 2.24) is 15.0 Å². The number of rotatable bonds is 4. The number of benzene rings is 7. The first-order valence-corrected chi connectivity index (χ1v) is 18.8. The van der Waals surface area contributed by atoms with E-state index in [1.165, 1.54) is 42.4 Å². The Morgan fingerprint density at radius 3 is 2.00 bits per heavy atom. The van der Waals surface area contributed by atoms with Crippen LogP contribution in [-0.2, 0) is 5.41 Å². The van der Waals surface area contributed by atoms with Crippen molar-refractivity contribution in [3.8, 4) is 56.4 Å². The highest BCUT2D eigenvalue weighted by Crippen LogP contribution is 2.49. The van der Waals surface area contributed by atoms with Gasteiger partial charge in [0.05, 0.1) is 0 Å². The molecule has 0 N–H and O–H groups in total. The highest BCUT2D eigenvalue weighted by Gasteiger charge is 2.35. The van der Waals surface area contributed by atoms with Gasteiger partial charge in [0.25, 0.3) is 0 Å². The lowest BCUT2D eigenvalue weighted by atomic mass is 9.82. The van der Waals surface area contributed by atoms with E-state index in [1.807, 2.05) is 12.1 Å². The van der Waals surface area contributed by atoms with Crippen LogP contribution in [0.1, 0.15) is 25.0 Å². The SMILES string of the molecule is CC1(C)c2ccccc2-c2cc(-c3nc(-c4ccc5c(c4)oc4cccc(-c6ccccc6)c45)nc(-c4cccc5c4sc4ccccc45)n3)ccc21. The Kier molecular flexibility index (Phi) is 6.43. The summed E-state index contributed by atoms with van der Waals surface area (Å²) in [6.45, 7) is 4.61. The van der Waals surface area contributed by atoms with Crippen LogP contribution in [0.2, 0.25) is 0 Å². The van der Waals surface area contributed by atoms with Crippen LogP contribution in [0.4, 0.5) is 0 Å². The lowest BCUT2D eigenvalue weighted by molar-refractivity contribution is 0.660. The van der Waals surface area contributed by atoms with Crippen LogP contribution in [0.15, 0.2) is 156 Å². The zero-order valence-electron chi connectivity index (χ0n) is 29.1. The minimum absolute atomic E-state index is 0.0843. The Hall–Kier alpha value is -6.43. The van der Waals surface area contributed by atoms with Crippen LogP contribution in [0.3, 0.4) is 0 Å². The first-order valence-electron chi connectivity index (χ1n) is 17.9. The van der Waals surface area contributed by atoms with Gasteiger partial charge in [0.2, 0.25) is 0 Å². The molecule has 10 aromatic rings. The van der Waals surface area contributed by atoms with Crippen LogP contribution >= 0.6 is 11.3 Å². The van der Waals surface area contributed by atoms with E-state index in [4.69, 9.17) is 19.4 Å². The summed E-state index contributed by atoms with van der Waals surface area (Å²) >= 11 is 1.78. The van der Waals surface area contributed by atoms with Crippen molar-refractivity contribution in [2.24, 2.45) is 0 Å². The molecule has 0 spiro atoms. The summed E-state index contributed by atoms with van der Waals surface area (Å²) in [5, 5.41) is 4.62. The summed E-state index contributed by atoms with van der Waals surface area (Å²) < 4.78 is 8.95. The van der Waals surface area contributed by atoms with Crippen molar-refractivity contribution in [3.05, 3.63) is 163 Å². The standard InChI is InChI=1S/C48H31N3OS/c1-48(2)38-19-8-6-14-32(38)37-26-29(23-25-39(37)48)45-49-46(51-47(50-45)36-18-10-17-34-33-15-7-9-21-42(33)53-44(34)36)30-22-24-35-41(27-30)52-40-20-11-16-31(43(35)40)28-12-4-3-5-13-28/h3-27H,1-2H3. The number of furan rings is 1. The summed E-state index contributed by atoms with van der Waals surface area (Å²) in [5.41, 5.74) is 11.9. The van der Waals surface area contributed by atoms with Gasteiger partial charge in [-0.25, -0.2) is 15.0 Å². The number of hydrogen-bond acceptors (Lipinski definition) is 5. The molecule has 0 radical (unpaired) electrons. The second-order valence-corrected chi connectivity index (χ2v) is 15.4. The smallest absolute Gasteiger partial charge is 0.165 e. The molecule has 0 unspecified atom stereocenters. The van der Waals surface area contributed by atoms with E-state index in [9.17, 15) is 0 Å². The first-order chi connectivity index (χ1) is 26.0. The van der Waals surface area contributed by atoms with Crippen molar-refractivity contribution in [2.45, 2.75) is 19.3 Å². The molecular weight excluding hydrogens is 667 g/mol. The fraction of sp³-hybridized carbons (Fsp3) is 0.0625. The van der Waals surface area contributed by atoms with Gasteiger partial charge in [-0.15, -0.1) is 11.3 Å². The molecular formula is C48H31N3OS. The molecule has 7 aromatic carbocycles. The van der Waals surface area contributed by atoms with Crippen molar-refractivity contribution in [1.29, 1.82) is 0 Å². The number of fused-ring (bicyclic) bond motifs is 9. The molecule has 0 bridgehead atoms. The molecule has 0 amide bonds. The summed E-state index contributed by atoms with van der Waals surface area (Å²) in [6, 6.07) is 53.5. The van der Waals surface area contributed by atoms with E-state index >= 15 is 0 Å². The Balaban J connectivity index is 1.13. The highest BCUT2D eigenvalue weighted by molar-refractivity contribution is 7.26. The maximum absolute atomic E-state index is 6.53. The number of hydrogen-bond donors (Lipinski definition) is 0. The van der Waals surface area contributed by atoms with Crippen LogP contribution in [0, 0.1) is 0 Å². The second-order valence-electron chi connectivity index (χ2n) is 14.4. The van der Waals surface area contributed by atoms with Gasteiger partial charge >= 0.3 is 0 Å². The third kappa shape index (κ3) is 4.57. The van der Waals surface area contributed by atoms with E-state index < -0.39 is 0 Å². The van der Waals surface area contributed by atoms with Crippen LogP contribution in [-0.4, -0.2) is 15.0 Å². The molecule has 0 aliphatic heterocycles. The van der Waals surface area contributed by atoms with Gasteiger partial charge in [0.15, 0.2) is 17.5 Å². The maximum atomic E-state index is 6.53. The van der Waals surface area contributed by atoms with Gasteiger partial charge in [-0.05, 0) is 69.8 Å². The van der Waals surface area contributed by atoms with Crippen LogP contribution in [0.25, 0.3) is 98.5 Å². The van der Waals surface area contributed by atoms with Gasteiger partial charge in [-0.2, -0.15) is 0 Å². The number of aromatic nitrogens is 3. The molecule has 0 saturated carbocycles. The molecule has 0 fully saturated rings. The monoisotopic (exact) mass is 697 g/mol. The molecule has 0 saturated heterocycles. The second kappa shape index (κ2) is 11.3. The lowest BCUT2D eigenvalue weighted by Crippen LogP contribution is -2.14. The molecule has 11 rings (SSSR count). The van der Waals surface area contributed by atoms with Crippen LogP contribution in [0.5, 0.6) is 0 Å². The maximum Gasteiger partial charge on any atom is 0.165 e. The molecule has 1 aliphatic carbocycles. The molecule has 1 aliphatic rings. The van der Waals surface area contributed by atoms with Crippen molar-refractivity contribution in [3.63, 3.8) is 0 Å². The van der Waals surface area contributed by atoms with E-state index in [0.717, 1.165) is 49.8 Å². The van der Waals surface area contributed by atoms with Gasteiger partial charge in [-0.1, -0.05) is 129 Å². The summed E-state index contributed by atoms with van der Waals surface area (Å²) in [4.78, 5) is 15.7. The zero-order valence-corrected chi connectivity index (χ0v) is 29.9. The quantitative estimate of drug-likeness (QED) is 0.184. The van der Waals surface area contributed by atoms with E-state index in [-0.39, 0.29) is 5.41 Å². The average Bonchev–Trinajstić information content (AvgIpc) is 3.85. The lowest BCUT2D eigenvalue weighted by Gasteiger charge is -2.21. The van der Waals surface area contributed by atoms with E-state index in [1.54, 1.807) is 11.3 Å². The van der Waals surface area contributed by atoms with Crippen molar-refractivity contribution < 1.29 is 4.42 Å². The zero-order chi connectivity index (χ0) is 35.3. The molecule has 53 heavy (non-hydrogen) atoms. The van der Waals surface area contributed by atoms with Crippen LogP contribution < -0.4 is 0 Å². The Morgan fingerprint density at radius 1 is 0.453 bits per heavy atom. The predicted molar refractivity (Wildman–Crippen MR) is 219 cm³/mol. The van der Waals surface area contributed by atoms with Crippen molar-refractivity contribution in [2.75, 3.05) is 0 Å². The van der Waals surface area contributed by atoms with Gasteiger partial charge in [-0.3, -0.25) is 0 Å². The van der Waals surface area contributed by atoms with E-state index in [2.05, 4.69) is 153 Å². The fourth-order valence-electron chi connectivity index (χ4n) is 8.36. The minimum Gasteiger partial charge on any atom is -0.456 e. The Bertz CT molecular complexity index is 3100. The number of thiophene rings is 1. The van der Waals surface area contributed by atoms with Gasteiger partial charge in [0, 0.05) is 53.1 Å². The molecule has 3 heterocycles. The minimum atomic E-state index is -0.0843. The fourth-order valence-corrected chi connectivity index (χ4v) is 9.57. The number of nitrogens with zero attached hydrogens (tertiary/aromatic N) is 3. The third-order valence-corrected chi connectivity index (χ3v) is 12.2. The normalized spacial score (nSPS) is 13.2. The third-order valence-electron chi connectivity index (χ3n) is 11.0. The van der Waals surface area contributed by atoms with Crippen molar-refractivity contribution >= 4 is 53.4 Å². The first kappa shape index (κ1) is 30.2. The largest absolute Gasteiger partial charge is 0.456 e. The Morgan fingerprint density at radius 2 is 1.11 bits per heavy atom. The average molecular weight is 698 g/mol. The molecule has 250 valence electrons. The van der Waals surface area contributed by atoms with Gasteiger partial charge < -0.3 is 4.42 Å². The Labute approximate surface area is 310 Å². The predicted octanol–water partition coefficient (Wildman–Crippen LogP) is 13.1. The summed E-state index contributed by atoms with van der Waals surface area (Å²) in [5.74, 6) is 1.90. The summed E-state index contributed by atoms with van der Waals surface area (Å²) in [6.07, 6.45) is 0. The molecule has 0 atom stereocenters. The molecule has 4 nitrogen and oxygen atoms in total. The topological polar surface area (TPSA) is 51.8 Å². The highest BCUT2D eigenvalue weighted by atomic mass is 32.1. The van der Waals surface area contributed by atoms with Gasteiger partial charge in [0.1, 0.15) is 11.2 Å². The summed E-state index contributed by atoms with van der Waals surface area (Å²) in [7, 11) is 0. The molecule has 5 heteroatoms.